The van der Waals surface area contributed by atoms with Gasteiger partial charge in [-0.2, -0.15) is 18.3 Å². The molecule has 1 amide bonds. The zero-order chi connectivity index (χ0) is 17.9. The molecule has 0 saturated heterocycles. The van der Waals surface area contributed by atoms with E-state index >= 15 is 0 Å². The number of halogens is 4. The molecule has 0 aromatic carbocycles. The summed E-state index contributed by atoms with van der Waals surface area (Å²) in [4.78, 5) is 27.3. The van der Waals surface area contributed by atoms with Gasteiger partial charge >= 0.3 is 6.18 Å². The van der Waals surface area contributed by atoms with Crippen LogP contribution in [0.4, 0.5) is 18.9 Å². The predicted octanol–water partition coefficient (Wildman–Crippen LogP) is 1.29. The molecule has 0 aliphatic rings. The minimum atomic E-state index is -4.73. The smallest absolute Gasteiger partial charge is 0.396 e. The van der Waals surface area contributed by atoms with Gasteiger partial charge < -0.3 is 11.1 Å². The van der Waals surface area contributed by atoms with E-state index in [0.717, 1.165) is 18.3 Å². The maximum Gasteiger partial charge on any atom is 0.412 e. The van der Waals surface area contributed by atoms with Crippen LogP contribution in [0.15, 0.2) is 35.5 Å². The minimum absolute atomic E-state index is 0.0942. The highest BCUT2D eigenvalue weighted by molar-refractivity contribution is 6.32. The molecule has 11 heteroatoms. The molecule has 7 nitrogen and oxygen atoms in total. The molecule has 3 N–H and O–H groups in total. The van der Waals surface area contributed by atoms with Crippen LogP contribution in [0.1, 0.15) is 11.6 Å². The number of alkyl halides is 3. The van der Waals surface area contributed by atoms with E-state index in [-0.39, 0.29) is 16.3 Å². The lowest BCUT2D eigenvalue weighted by Gasteiger charge is -2.22. The maximum atomic E-state index is 13.1. The van der Waals surface area contributed by atoms with Gasteiger partial charge in [-0.15, -0.1) is 0 Å². The number of carbonyl (C=O) groups excluding carboxylic acids is 1. The summed E-state index contributed by atoms with van der Waals surface area (Å²) < 4.78 is 40.1. The Hall–Kier alpha value is -2.62. The SMILES string of the molecule is Nc1cnn(CC(=O)NC(c2ccncc2)C(F)(F)F)c(=O)c1Cl. The topological polar surface area (TPSA) is 103 Å². The Kier molecular flexibility index (Phi) is 5.07. The predicted molar refractivity (Wildman–Crippen MR) is 79.1 cm³/mol. The van der Waals surface area contributed by atoms with Crippen LogP contribution in [0.2, 0.25) is 5.02 Å². The van der Waals surface area contributed by atoms with Crippen LogP contribution in [0.3, 0.4) is 0 Å². The first-order valence-electron chi connectivity index (χ1n) is 6.47. The van der Waals surface area contributed by atoms with Gasteiger partial charge in [0.05, 0.1) is 11.9 Å². The highest BCUT2D eigenvalue weighted by Crippen LogP contribution is 2.32. The summed E-state index contributed by atoms with van der Waals surface area (Å²) in [6.45, 7) is -0.740. The van der Waals surface area contributed by atoms with Crippen molar-refractivity contribution >= 4 is 23.2 Å². The van der Waals surface area contributed by atoms with E-state index in [1.165, 1.54) is 12.4 Å². The van der Waals surface area contributed by atoms with Crippen molar-refractivity contribution in [2.24, 2.45) is 0 Å². The Labute approximate surface area is 138 Å². The van der Waals surface area contributed by atoms with E-state index in [1.807, 2.05) is 5.32 Å². The first-order chi connectivity index (χ1) is 11.2. The molecule has 1 atom stereocenters. The number of nitrogen functional groups attached to an aromatic ring is 1. The largest absolute Gasteiger partial charge is 0.412 e. The lowest BCUT2D eigenvalue weighted by molar-refractivity contribution is -0.163. The van der Waals surface area contributed by atoms with Crippen molar-refractivity contribution in [1.82, 2.24) is 20.1 Å². The molecule has 0 bridgehead atoms. The van der Waals surface area contributed by atoms with Crippen molar-refractivity contribution in [3.8, 4) is 0 Å². The molecule has 0 aliphatic heterocycles. The molecule has 1 unspecified atom stereocenters. The average Bonchev–Trinajstić information content (AvgIpc) is 2.53. The van der Waals surface area contributed by atoms with Gasteiger partial charge in [0, 0.05) is 12.4 Å². The van der Waals surface area contributed by atoms with Gasteiger partial charge in [0.15, 0.2) is 6.04 Å². The number of rotatable bonds is 4. The molecule has 0 aliphatic carbocycles. The molecule has 128 valence electrons. The van der Waals surface area contributed by atoms with Gasteiger partial charge in [-0.25, -0.2) is 4.68 Å². The number of hydrogen-bond donors (Lipinski definition) is 2. The third-order valence-corrected chi connectivity index (χ3v) is 3.36. The number of pyridine rings is 1. The lowest BCUT2D eigenvalue weighted by atomic mass is 10.1. The number of nitrogens with one attached hydrogen (secondary N) is 1. The third-order valence-electron chi connectivity index (χ3n) is 2.98. The molecule has 2 rings (SSSR count). The lowest BCUT2D eigenvalue weighted by Crippen LogP contribution is -2.41. The summed E-state index contributed by atoms with van der Waals surface area (Å²) >= 11 is 5.62. The van der Waals surface area contributed by atoms with Crippen LogP contribution < -0.4 is 16.6 Å². The van der Waals surface area contributed by atoms with Crippen LogP contribution in [-0.4, -0.2) is 26.8 Å². The Morgan fingerprint density at radius 1 is 1.38 bits per heavy atom. The van der Waals surface area contributed by atoms with Gasteiger partial charge in [-0.05, 0) is 17.7 Å². The summed E-state index contributed by atoms with van der Waals surface area (Å²) in [5, 5.41) is 5.02. The molecule has 0 saturated carbocycles. The first kappa shape index (κ1) is 17.7. The van der Waals surface area contributed by atoms with Gasteiger partial charge in [-0.1, -0.05) is 11.6 Å². The third kappa shape index (κ3) is 4.02. The van der Waals surface area contributed by atoms with Crippen molar-refractivity contribution < 1.29 is 18.0 Å². The quantitative estimate of drug-likeness (QED) is 0.854. The van der Waals surface area contributed by atoms with Crippen molar-refractivity contribution in [3.05, 3.63) is 51.7 Å². The molecular formula is C13H11ClF3N5O2. The van der Waals surface area contributed by atoms with Crippen LogP contribution >= 0.6 is 11.6 Å². The molecule has 24 heavy (non-hydrogen) atoms. The fraction of sp³-hybridized carbons (Fsp3) is 0.231. The minimum Gasteiger partial charge on any atom is -0.396 e. The van der Waals surface area contributed by atoms with Crippen LogP contribution in [0.25, 0.3) is 0 Å². The summed E-state index contributed by atoms with van der Waals surface area (Å²) in [6.07, 6.45) is -1.35. The highest BCUT2D eigenvalue weighted by atomic mass is 35.5. The summed E-state index contributed by atoms with van der Waals surface area (Å²) in [5.41, 5.74) is 4.21. The fourth-order valence-corrected chi connectivity index (χ4v) is 1.99. The van der Waals surface area contributed by atoms with Gasteiger partial charge in [0.2, 0.25) is 5.91 Å². The Balaban J connectivity index is 2.21. The molecule has 2 aromatic heterocycles. The van der Waals surface area contributed by atoms with Crippen LogP contribution in [0, 0.1) is 0 Å². The first-order valence-corrected chi connectivity index (χ1v) is 6.85. The summed E-state index contributed by atoms with van der Waals surface area (Å²) in [5.74, 6) is -1.07. The van der Waals surface area contributed by atoms with Gasteiger partial charge in [-0.3, -0.25) is 14.6 Å². The van der Waals surface area contributed by atoms with Crippen LogP contribution in [-0.2, 0) is 11.3 Å². The average molecular weight is 362 g/mol. The van der Waals surface area contributed by atoms with Crippen LogP contribution in [0.5, 0.6) is 0 Å². The molecule has 2 heterocycles. The van der Waals surface area contributed by atoms with E-state index in [0.29, 0.717) is 4.68 Å². The highest BCUT2D eigenvalue weighted by Gasteiger charge is 2.41. The Morgan fingerprint density at radius 2 is 2.00 bits per heavy atom. The molecular weight excluding hydrogens is 351 g/mol. The zero-order valence-electron chi connectivity index (χ0n) is 11.9. The van der Waals surface area contributed by atoms with Crippen molar-refractivity contribution in [3.63, 3.8) is 0 Å². The number of nitrogens with zero attached hydrogens (tertiary/aromatic N) is 3. The second-order valence-electron chi connectivity index (χ2n) is 4.70. The van der Waals surface area contributed by atoms with Crippen molar-refractivity contribution in [1.29, 1.82) is 0 Å². The number of amides is 1. The number of aromatic nitrogens is 3. The fourth-order valence-electron chi connectivity index (χ4n) is 1.84. The molecule has 2 aromatic rings. The molecule has 0 spiro atoms. The number of nitrogens with two attached hydrogens (primary N) is 1. The molecule has 0 fully saturated rings. The Morgan fingerprint density at radius 3 is 2.58 bits per heavy atom. The summed E-state index contributed by atoms with van der Waals surface area (Å²) in [7, 11) is 0. The second kappa shape index (κ2) is 6.87. The summed E-state index contributed by atoms with van der Waals surface area (Å²) in [6, 6.07) is 0.0132. The molecule has 0 radical (unpaired) electrons. The van der Waals surface area contributed by atoms with E-state index in [1.54, 1.807) is 0 Å². The number of carbonyl (C=O) groups is 1. The standard InChI is InChI=1S/C13H11ClF3N5O2/c14-10-8(18)5-20-22(12(10)24)6-9(23)21-11(13(15,16)17)7-1-3-19-4-2-7/h1-5,11H,6,18H2,(H,21,23). The number of hydrogen-bond acceptors (Lipinski definition) is 5. The van der Waals surface area contributed by atoms with Gasteiger partial charge in [0.25, 0.3) is 5.56 Å². The number of anilines is 1. The van der Waals surface area contributed by atoms with Crippen molar-refractivity contribution in [2.75, 3.05) is 5.73 Å². The maximum absolute atomic E-state index is 13.1. The zero-order valence-corrected chi connectivity index (χ0v) is 12.7. The second-order valence-corrected chi connectivity index (χ2v) is 5.08. The Bertz CT molecular complexity index is 794. The van der Waals surface area contributed by atoms with E-state index in [4.69, 9.17) is 17.3 Å². The normalized spacial score (nSPS) is 12.7. The van der Waals surface area contributed by atoms with Crippen molar-refractivity contribution in [2.45, 2.75) is 18.8 Å². The van der Waals surface area contributed by atoms with E-state index in [2.05, 4.69) is 10.1 Å². The van der Waals surface area contributed by atoms with E-state index in [9.17, 15) is 22.8 Å². The van der Waals surface area contributed by atoms with Gasteiger partial charge in [0.1, 0.15) is 11.6 Å². The van der Waals surface area contributed by atoms with E-state index < -0.39 is 30.2 Å². The monoisotopic (exact) mass is 361 g/mol.